The Morgan fingerprint density at radius 2 is 1.81 bits per heavy atom. The van der Waals surface area contributed by atoms with Gasteiger partial charge in [0.2, 0.25) is 10.0 Å². The number of thiazole rings is 1. The number of nitrogens with one attached hydrogen (secondary N) is 1. The lowest BCUT2D eigenvalue weighted by molar-refractivity contribution is 0.521. The van der Waals surface area contributed by atoms with Crippen molar-refractivity contribution in [2.24, 2.45) is 0 Å². The van der Waals surface area contributed by atoms with Crippen LogP contribution in [0.3, 0.4) is 0 Å². The van der Waals surface area contributed by atoms with Crippen molar-refractivity contribution in [2.75, 3.05) is 19.4 Å². The minimum Gasteiger partial charge on any atom is -0.374 e. The molecule has 1 aromatic heterocycles. The Morgan fingerprint density at radius 3 is 2.29 bits per heavy atom. The molecule has 0 amide bonds. The van der Waals surface area contributed by atoms with Gasteiger partial charge in [0.25, 0.3) is 0 Å². The Morgan fingerprint density at radius 1 is 1.19 bits per heavy atom. The number of hydrogen-bond acceptors (Lipinski definition) is 5. The summed E-state index contributed by atoms with van der Waals surface area (Å²) in [6.45, 7) is 4.08. The summed E-state index contributed by atoms with van der Waals surface area (Å²) in [6, 6.07) is 6.75. The molecule has 0 unspecified atom stereocenters. The third kappa shape index (κ3) is 3.42. The van der Waals surface area contributed by atoms with Crippen LogP contribution in [0.5, 0.6) is 0 Å². The van der Waals surface area contributed by atoms with E-state index in [4.69, 9.17) is 0 Å². The summed E-state index contributed by atoms with van der Waals surface area (Å²) in [5, 5.41) is 6.28. The van der Waals surface area contributed by atoms with Gasteiger partial charge < -0.3 is 5.32 Å². The predicted molar refractivity (Wildman–Crippen MR) is 86.1 cm³/mol. The van der Waals surface area contributed by atoms with Crippen LogP contribution < -0.4 is 5.32 Å². The molecule has 0 aliphatic carbocycles. The molecular weight excluding hydrogens is 306 g/mol. The first-order chi connectivity index (χ1) is 9.73. The summed E-state index contributed by atoms with van der Waals surface area (Å²) in [7, 11) is -0.343. The van der Waals surface area contributed by atoms with Crippen LogP contribution in [0.15, 0.2) is 40.7 Å². The van der Waals surface area contributed by atoms with Crippen molar-refractivity contribution >= 4 is 27.0 Å². The summed E-state index contributed by atoms with van der Waals surface area (Å²) in [6.07, 6.45) is 1.77. The molecule has 5 nitrogen and oxygen atoms in total. The summed E-state index contributed by atoms with van der Waals surface area (Å²) in [4.78, 5) is 4.60. The van der Waals surface area contributed by atoms with Gasteiger partial charge in [-0.05, 0) is 38.1 Å². The molecule has 2 rings (SSSR count). The van der Waals surface area contributed by atoms with Gasteiger partial charge in [-0.25, -0.2) is 17.7 Å². The second kappa shape index (κ2) is 5.75. The van der Waals surface area contributed by atoms with Gasteiger partial charge in [0.1, 0.15) is 5.01 Å². The van der Waals surface area contributed by atoms with Gasteiger partial charge in [0.15, 0.2) is 0 Å². The van der Waals surface area contributed by atoms with Crippen molar-refractivity contribution in [3.05, 3.63) is 40.8 Å². The molecule has 1 N–H and O–H groups in total. The molecule has 114 valence electrons. The Hall–Kier alpha value is -1.44. The molecule has 0 saturated carbocycles. The van der Waals surface area contributed by atoms with Crippen LogP contribution in [0.25, 0.3) is 0 Å². The largest absolute Gasteiger partial charge is 0.374 e. The number of aromatic nitrogens is 1. The molecule has 7 heteroatoms. The summed E-state index contributed by atoms with van der Waals surface area (Å²) in [5.74, 6) is 0. The van der Waals surface area contributed by atoms with E-state index in [0.717, 1.165) is 10.7 Å². The highest BCUT2D eigenvalue weighted by molar-refractivity contribution is 7.89. The van der Waals surface area contributed by atoms with Gasteiger partial charge in [-0.1, -0.05) is 0 Å². The molecule has 0 radical (unpaired) electrons. The van der Waals surface area contributed by atoms with Gasteiger partial charge in [0.05, 0.1) is 10.4 Å². The zero-order chi connectivity index (χ0) is 15.7. The predicted octanol–water partition coefficient (Wildman–Crippen LogP) is 2.74. The van der Waals surface area contributed by atoms with Gasteiger partial charge in [-0.3, -0.25) is 0 Å². The van der Waals surface area contributed by atoms with Crippen molar-refractivity contribution < 1.29 is 8.42 Å². The summed E-state index contributed by atoms with van der Waals surface area (Å²) < 4.78 is 25.2. The highest BCUT2D eigenvalue weighted by Crippen LogP contribution is 2.27. The monoisotopic (exact) mass is 325 g/mol. The van der Waals surface area contributed by atoms with E-state index in [0.29, 0.717) is 0 Å². The minimum atomic E-state index is -3.39. The molecule has 0 atom stereocenters. The third-order valence-corrected chi connectivity index (χ3v) is 5.98. The Labute approximate surface area is 129 Å². The fourth-order valence-corrected chi connectivity index (χ4v) is 3.49. The highest BCUT2D eigenvalue weighted by atomic mass is 32.2. The first-order valence-corrected chi connectivity index (χ1v) is 8.76. The first-order valence-electron chi connectivity index (χ1n) is 6.44. The average Bonchev–Trinajstić information content (AvgIpc) is 2.93. The van der Waals surface area contributed by atoms with Gasteiger partial charge in [0, 0.05) is 31.4 Å². The zero-order valence-electron chi connectivity index (χ0n) is 12.5. The van der Waals surface area contributed by atoms with E-state index < -0.39 is 10.0 Å². The molecule has 0 bridgehead atoms. The Bertz CT molecular complexity index is 690. The maximum atomic E-state index is 12.0. The quantitative estimate of drug-likeness (QED) is 0.918. The van der Waals surface area contributed by atoms with Crippen LogP contribution >= 0.6 is 11.3 Å². The third-order valence-electron chi connectivity index (χ3n) is 3.06. The molecule has 1 heterocycles. The minimum absolute atomic E-state index is 0.283. The van der Waals surface area contributed by atoms with Crippen LogP contribution in [-0.2, 0) is 15.6 Å². The van der Waals surface area contributed by atoms with E-state index in [2.05, 4.69) is 10.3 Å². The fraction of sp³-hybridized carbons (Fsp3) is 0.357. The molecule has 0 fully saturated rings. The van der Waals surface area contributed by atoms with Crippen molar-refractivity contribution in [1.82, 2.24) is 9.29 Å². The molecule has 0 aliphatic heterocycles. The summed E-state index contributed by atoms with van der Waals surface area (Å²) >= 11 is 1.58. The number of nitrogens with zero attached hydrogens (tertiary/aromatic N) is 2. The van der Waals surface area contributed by atoms with E-state index in [-0.39, 0.29) is 10.4 Å². The SMILES string of the molecule is CN(C)S(=O)(=O)c1ccc(NC(C)(C)c2nccs2)cc1. The summed E-state index contributed by atoms with van der Waals surface area (Å²) in [5.41, 5.74) is 0.545. The molecule has 0 saturated heterocycles. The Kier molecular flexibility index (Phi) is 4.36. The van der Waals surface area contributed by atoms with E-state index in [9.17, 15) is 8.42 Å². The zero-order valence-corrected chi connectivity index (χ0v) is 14.1. The number of rotatable bonds is 5. The van der Waals surface area contributed by atoms with Crippen LogP contribution in [0.4, 0.5) is 5.69 Å². The molecule has 21 heavy (non-hydrogen) atoms. The van der Waals surface area contributed by atoms with Gasteiger partial charge in [-0.15, -0.1) is 11.3 Å². The topological polar surface area (TPSA) is 62.3 Å². The smallest absolute Gasteiger partial charge is 0.242 e. The van der Waals surface area contributed by atoms with E-state index >= 15 is 0 Å². The number of anilines is 1. The van der Waals surface area contributed by atoms with Crippen LogP contribution in [0.1, 0.15) is 18.9 Å². The second-order valence-corrected chi connectivity index (χ2v) is 8.45. The molecular formula is C14H19N3O2S2. The Balaban J connectivity index is 2.21. The standard InChI is InChI=1S/C14H19N3O2S2/c1-14(2,13-15-9-10-20-13)16-11-5-7-12(8-6-11)21(18,19)17(3)4/h5-10,16H,1-4H3. The van der Waals surface area contributed by atoms with E-state index in [1.54, 1.807) is 41.8 Å². The number of hydrogen-bond donors (Lipinski definition) is 1. The van der Waals surface area contributed by atoms with Gasteiger partial charge in [-0.2, -0.15) is 0 Å². The first kappa shape index (κ1) is 15.9. The van der Waals surface area contributed by atoms with Crippen LogP contribution in [0.2, 0.25) is 0 Å². The lowest BCUT2D eigenvalue weighted by Gasteiger charge is -2.25. The highest BCUT2D eigenvalue weighted by Gasteiger charge is 2.23. The maximum Gasteiger partial charge on any atom is 0.242 e. The number of benzene rings is 1. The van der Waals surface area contributed by atoms with E-state index in [1.807, 2.05) is 19.2 Å². The number of sulfonamides is 1. The van der Waals surface area contributed by atoms with Crippen molar-refractivity contribution in [3.63, 3.8) is 0 Å². The second-order valence-electron chi connectivity index (χ2n) is 5.40. The lowest BCUT2D eigenvalue weighted by atomic mass is 10.1. The van der Waals surface area contributed by atoms with E-state index in [1.165, 1.54) is 18.4 Å². The molecule has 1 aromatic carbocycles. The normalized spacial score (nSPS) is 12.6. The molecule has 0 spiro atoms. The molecule has 0 aliphatic rings. The average molecular weight is 325 g/mol. The fourth-order valence-electron chi connectivity index (χ4n) is 1.87. The molecule has 2 aromatic rings. The van der Waals surface area contributed by atoms with Crippen LogP contribution in [-0.4, -0.2) is 31.8 Å². The van der Waals surface area contributed by atoms with Crippen LogP contribution in [0, 0.1) is 0 Å². The lowest BCUT2D eigenvalue weighted by Crippen LogP contribution is -2.27. The maximum absolute atomic E-state index is 12.0. The van der Waals surface area contributed by atoms with Crippen molar-refractivity contribution in [3.8, 4) is 0 Å². The van der Waals surface area contributed by atoms with Crippen molar-refractivity contribution in [1.29, 1.82) is 0 Å². The van der Waals surface area contributed by atoms with Gasteiger partial charge >= 0.3 is 0 Å². The van der Waals surface area contributed by atoms with Crippen molar-refractivity contribution in [2.45, 2.75) is 24.3 Å².